The van der Waals surface area contributed by atoms with Gasteiger partial charge in [-0.2, -0.15) is 4.31 Å². The van der Waals surface area contributed by atoms with Crippen molar-refractivity contribution in [3.8, 4) is 5.75 Å². The zero-order valence-electron chi connectivity index (χ0n) is 15.7. The molecule has 0 spiro atoms. The van der Waals surface area contributed by atoms with Gasteiger partial charge in [0, 0.05) is 23.2 Å². The predicted molar refractivity (Wildman–Crippen MR) is 112 cm³/mol. The van der Waals surface area contributed by atoms with Crippen LogP contribution in [0.5, 0.6) is 5.75 Å². The lowest BCUT2D eigenvalue weighted by Crippen LogP contribution is -2.31. The molecule has 150 valence electrons. The average Bonchev–Trinajstić information content (AvgIpc) is 2.99. The van der Waals surface area contributed by atoms with E-state index in [2.05, 4.69) is 21.2 Å². The van der Waals surface area contributed by atoms with E-state index in [1.165, 1.54) is 19.2 Å². The number of methoxy groups -OCH3 is 1. The van der Waals surface area contributed by atoms with E-state index in [0.717, 1.165) is 25.7 Å². The molecule has 0 saturated carbocycles. The number of hydrogen-bond acceptors (Lipinski definition) is 4. The molecule has 0 atom stereocenters. The topological polar surface area (TPSA) is 75.7 Å². The van der Waals surface area contributed by atoms with Gasteiger partial charge in [0.2, 0.25) is 10.0 Å². The molecule has 2 aromatic carbocycles. The van der Waals surface area contributed by atoms with E-state index in [1.807, 2.05) is 0 Å². The molecule has 0 unspecified atom stereocenters. The maximum Gasteiger partial charge on any atom is 0.256 e. The van der Waals surface area contributed by atoms with Crippen molar-refractivity contribution in [2.45, 2.75) is 30.6 Å². The Labute approximate surface area is 174 Å². The molecule has 3 rings (SSSR count). The third-order valence-electron chi connectivity index (χ3n) is 4.73. The van der Waals surface area contributed by atoms with E-state index in [0.29, 0.717) is 34.6 Å². The number of halogens is 1. The number of hydrogen-bond donors (Lipinski definition) is 1. The summed E-state index contributed by atoms with van der Waals surface area (Å²) in [6.45, 7) is 1.12. The minimum absolute atomic E-state index is 0.245. The number of nitrogens with one attached hydrogen (secondary N) is 1. The molecule has 1 fully saturated rings. The summed E-state index contributed by atoms with van der Waals surface area (Å²) in [5, 5.41) is 2.79. The summed E-state index contributed by atoms with van der Waals surface area (Å²) in [6.07, 6.45) is 3.92. The van der Waals surface area contributed by atoms with Crippen molar-refractivity contribution < 1.29 is 17.9 Å². The Balaban J connectivity index is 1.75. The third-order valence-corrected chi connectivity index (χ3v) is 7.34. The van der Waals surface area contributed by atoms with Gasteiger partial charge in [0.15, 0.2) is 0 Å². The predicted octanol–water partition coefficient (Wildman–Crippen LogP) is 4.27. The smallest absolute Gasteiger partial charge is 0.256 e. The summed E-state index contributed by atoms with van der Waals surface area (Å²) in [6, 6.07) is 11.4. The second-order valence-corrected chi connectivity index (χ2v) is 9.43. The standard InChI is InChI=1S/C20H23BrN2O4S/c1-27-16-8-11-19(21)18(14-16)20(24)22-15-6-9-17(10-7-15)28(25,26)23-12-4-2-3-5-13-23/h6-11,14H,2-5,12-13H2,1H3,(H,22,24). The van der Waals surface area contributed by atoms with Gasteiger partial charge in [-0.25, -0.2) is 8.42 Å². The summed E-state index contributed by atoms with van der Waals surface area (Å²) in [5.74, 6) is 0.265. The van der Waals surface area contributed by atoms with Crippen LogP contribution >= 0.6 is 15.9 Å². The summed E-state index contributed by atoms with van der Waals surface area (Å²) >= 11 is 3.36. The number of rotatable bonds is 5. The number of anilines is 1. The molecule has 0 aromatic heterocycles. The Morgan fingerprint density at radius 1 is 1.04 bits per heavy atom. The van der Waals surface area contributed by atoms with Gasteiger partial charge in [-0.1, -0.05) is 12.8 Å². The molecular formula is C20H23BrN2O4S. The summed E-state index contributed by atoms with van der Waals surface area (Å²) < 4.78 is 33.0. The van der Waals surface area contributed by atoms with Gasteiger partial charge in [0.1, 0.15) is 5.75 Å². The average molecular weight is 467 g/mol. The van der Waals surface area contributed by atoms with E-state index >= 15 is 0 Å². The largest absolute Gasteiger partial charge is 0.497 e. The van der Waals surface area contributed by atoms with Crippen LogP contribution in [-0.4, -0.2) is 38.8 Å². The van der Waals surface area contributed by atoms with Gasteiger partial charge >= 0.3 is 0 Å². The van der Waals surface area contributed by atoms with Crippen LogP contribution in [-0.2, 0) is 10.0 Å². The minimum Gasteiger partial charge on any atom is -0.497 e. The highest BCUT2D eigenvalue weighted by atomic mass is 79.9. The van der Waals surface area contributed by atoms with Crippen molar-refractivity contribution in [1.82, 2.24) is 4.31 Å². The van der Waals surface area contributed by atoms with Crippen LogP contribution in [0.25, 0.3) is 0 Å². The van der Waals surface area contributed by atoms with Crippen LogP contribution in [0.3, 0.4) is 0 Å². The van der Waals surface area contributed by atoms with E-state index in [1.54, 1.807) is 34.6 Å². The SMILES string of the molecule is COc1ccc(Br)c(C(=O)Nc2ccc(S(=O)(=O)N3CCCCCC3)cc2)c1. The molecule has 0 aliphatic carbocycles. The molecule has 8 heteroatoms. The third kappa shape index (κ3) is 4.74. The first-order valence-electron chi connectivity index (χ1n) is 9.17. The zero-order valence-corrected chi connectivity index (χ0v) is 18.1. The van der Waals surface area contributed by atoms with Crippen molar-refractivity contribution in [2.75, 3.05) is 25.5 Å². The normalized spacial score (nSPS) is 15.6. The van der Waals surface area contributed by atoms with Crippen molar-refractivity contribution in [2.24, 2.45) is 0 Å². The molecule has 28 heavy (non-hydrogen) atoms. The summed E-state index contributed by atoms with van der Waals surface area (Å²) in [5.41, 5.74) is 0.954. The Bertz CT molecular complexity index is 937. The Morgan fingerprint density at radius 3 is 2.29 bits per heavy atom. The van der Waals surface area contributed by atoms with E-state index in [-0.39, 0.29) is 10.8 Å². The van der Waals surface area contributed by atoms with Crippen LogP contribution in [0.1, 0.15) is 36.0 Å². The molecule has 1 amide bonds. The Kier molecular flexibility index (Phi) is 6.74. The first kappa shape index (κ1) is 20.8. The fourth-order valence-electron chi connectivity index (χ4n) is 3.15. The fourth-order valence-corrected chi connectivity index (χ4v) is 5.09. The number of sulfonamides is 1. The number of ether oxygens (including phenoxy) is 1. The molecule has 1 heterocycles. The fraction of sp³-hybridized carbons (Fsp3) is 0.350. The Morgan fingerprint density at radius 2 is 1.68 bits per heavy atom. The zero-order chi connectivity index (χ0) is 20.1. The first-order chi connectivity index (χ1) is 13.4. The number of carbonyl (C=O) groups is 1. The maximum atomic E-state index is 12.8. The molecular weight excluding hydrogens is 444 g/mol. The van der Waals surface area contributed by atoms with Gasteiger partial charge in [-0.15, -0.1) is 0 Å². The van der Waals surface area contributed by atoms with Gasteiger partial charge in [0.25, 0.3) is 5.91 Å². The second-order valence-electron chi connectivity index (χ2n) is 6.64. The van der Waals surface area contributed by atoms with E-state index in [9.17, 15) is 13.2 Å². The van der Waals surface area contributed by atoms with Crippen LogP contribution < -0.4 is 10.1 Å². The van der Waals surface area contributed by atoms with Crippen LogP contribution in [0.15, 0.2) is 51.8 Å². The molecule has 1 N–H and O–H groups in total. The van der Waals surface area contributed by atoms with Gasteiger partial charge in [0.05, 0.1) is 17.6 Å². The van der Waals surface area contributed by atoms with Gasteiger partial charge in [-0.05, 0) is 71.2 Å². The van der Waals surface area contributed by atoms with Gasteiger partial charge in [-0.3, -0.25) is 4.79 Å². The van der Waals surface area contributed by atoms with Crippen molar-refractivity contribution >= 4 is 37.5 Å². The summed E-state index contributed by atoms with van der Waals surface area (Å²) in [7, 11) is -1.97. The van der Waals surface area contributed by atoms with Crippen LogP contribution in [0, 0.1) is 0 Å². The maximum absolute atomic E-state index is 12.8. The lowest BCUT2D eigenvalue weighted by atomic mass is 10.2. The number of carbonyl (C=O) groups excluding carboxylic acids is 1. The van der Waals surface area contributed by atoms with E-state index < -0.39 is 10.0 Å². The minimum atomic E-state index is -3.50. The van der Waals surface area contributed by atoms with Crippen LogP contribution in [0.2, 0.25) is 0 Å². The quantitative estimate of drug-likeness (QED) is 0.713. The number of benzene rings is 2. The number of nitrogens with zero attached hydrogens (tertiary/aromatic N) is 1. The molecule has 2 aromatic rings. The second kappa shape index (κ2) is 9.07. The molecule has 6 nitrogen and oxygen atoms in total. The lowest BCUT2D eigenvalue weighted by Gasteiger charge is -2.20. The monoisotopic (exact) mass is 466 g/mol. The lowest BCUT2D eigenvalue weighted by molar-refractivity contribution is 0.102. The highest BCUT2D eigenvalue weighted by Crippen LogP contribution is 2.25. The van der Waals surface area contributed by atoms with E-state index in [4.69, 9.17) is 4.74 Å². The van der Waals surface area contributed by atoms with Crippen molar-refractivity contribution in [1.29, 1.82) is 0 Å². The molecule has 0 radical (unpaired) electrons. The van der Waals surface area contributed by atoms with Gasteiger partial charge < -0.3 is 10.1 Å². The molecule has 1 saturated heterocycles. The highest BCUT2D eigenvalue weighted by Gasteiger charge is 2.25. The molecule has 0 bridgehead atoms. The molecule has 1 aliphatic rings. The van der Waals surface area contributed by atoms with Crippen molar-refractivity contribution in [3.05, 3.63) is 52.5 Å². The molecule has 1 aliphatic heterocycles. The number of amides is 1. The highest BCUT2D eigenvalue weighted by molar-refractivity contribution is 9.10. The van der Waals surface area contributed by atoms with Crippen LogP contribution in [0.4, 0.5) is 5.69 Å². The summed E-state index contributed by atoms with van der Waals surface area (Å²) in [4.78, 5) is 12.8. The Hall–Kier alpha value is -1.90. The van der Waals surface area contributed by atoms with Crippen molar-refractivity contribution in [3.63, 3.8) is 0 Å². The first-order valence-corrected chi connectivity index (χ1v) is 11.4.